The van der Waals surface area contributed by atoms with Gasteiger partial charge in [-0.05, 0) is 24.5 Å². The maximum absolute atomic E-state index is 13.8. The molecule has 0 amide bonds. The van der Waals surface area contributed by atoms with Gasteiger partial charge < -0.3 is 4.52 Å². The van der Waals surface area contributed by atoms with Crippen LogP contribution in [0.3, 0.4) is 0 Å². The molecule has 110 valence electrons. The number of halogens is 2. The second-order valence-electron chi connectivity index (χ2n) is 5.25. The van der Waals surface area contributed by atoms with Crippen molar-refractivity contribution in [3.63, 3.8) is 0 Å². The second-order valence-corrected chi connectivity index (χ2v) is 5.66. The van der Waals surface area contributed by atoms with Crippen LogP contribution in [0.2, 0.25) is 5.02 Å². The first kappa shape index (κ1) is 14.2. The SMILES string of the molecule is O=C1CCC(c2nc(Cc3cccc(Cl)c3F)no2)CC1. The molecule has 1 aliphatic carbocycles. The van der Waals surface area contributed by atoms with Crippen molar-refractivity contribution in [3.05, 3.63) is 46.3 Å². The van der Waals surface area contributed by atoms with Gasteiger partial charge in [0.15, 0.2) is 5.82 Å². The Kier molecular flexibility index (Phi) is 4.01. The number of rotatable bonds is 3. The van der Waals surface area contributed by atoms with Crippen LogP contribution in [0.4, 0.5) is 4.39 Å². The van der Waals surface area contributed by atoms with E-state index in [-0.39, 0.29) is 23.1 Å². The molecule has 0 N–H and O–H groups in total. The van der Waals surface area contributed by atoms with Crippen molar-refractivity contribution >= 4 is 17.4 Å². The van der Waals surface area contributed by atoms with Crippen LogP contribution < -0.4 is 0 Å². The van der Waals surface area contributed by atoms with E-state index in [9.17, 15) is 9.18 Å². The molecular formula is C15H14ClFN2O2. The monoisotopic (exact) mass is 308 g/mol. The largest absolute Gasteiger partial charge is 0.339 e. The highest BCUT2D eigenvalue weighted by atomic mass is 35.5. The zero-order chi connectivity index (χ0) is 14.8. The molecule has 0 spiro atoms. The van der Waals surface area contributed by atoms with Crippen LogP contribution in [0.15, 0.2) is 22.7 Å². The Morgan fingerprint density at radius 2 is 2.10 bits per heavy atom. The van der Waals surface area contributed by atoms with E-state index in [0.717, 1.165) is 12.8 Å². The van der Waals surface area contributed by atoms with E-state index >= 15 is 0 Å². The average Bonchev–Trinajstić information content (AvgIpc) is 2.93. The van der Waals surface area contributed by atoms with Crippen LogP contribution in [0.25, 0.3) is 0 Å². The van der Waals surface area contributed by atoms with Gasteiger partial charge in [0, 0.05) is 25.2 Å². The van der Waals surface area contributed by atoms with Gasteiger partial charge in [0.2, 0.25) is 5.89 Å². The number of benzene rings is 1. The molecule has 1 heterocycles. The summed E-state index contributed by atoms with van der Waals surface area (Å²) in [7, 11) is 0. The molecule has 1 aliphatic rings. The van der Waals surface area contributed by atoms with Gasteiger partial charge in [0.1, 0.15) is 11.6 Å². The lowest BCUT2D eigenvalue weighted by atomic mass is 9.88. The van der Waals surface area contributed by atoms with Gasteiger partial charge in [-0.25, -0.2) is 4.39 Å². The van der Waals surface area contributed by atoms with Crippen molar-refractivity contribution < 1.29 is 13.7 Å². The summed E-state index contributed by atoms with van der Waals surface area (Å²) < 4.78 is 19.1. The van der Waals surface area contributed by atoms with Gasteiger partial charge in [-0.15, -0.1) is 0 Å². The van der Waals surface area contributed by atoms with Crippen LogP contribution in [0.5, 0.6) is 0 Å². The molecule has 0 unspecified atom stereocenters. The first-order chi connectivity index (χ1) is 10.1. The normalized spacial score (nSPS) is 16.4. The molecule has 1 aromatic carbocycles. The smallest absolute Gasteiger partial charge is 0.229 e. The van der Waals surface area contributed by atoms with Crippen molar-refractivity contribution in [2.45, 2.75) is 38.0 Å². The Morgan fingerprint density at radius 1 is 1.33 bits per heavy atom. The first-order valence-electron chi connectivity index (χ1n) is 6.90. The lowest BCUT2D eigenvalue weighted by Gasteiger charge is -2.16. The number of carbonyl (C=O) groups is 1. The number of hydrogen-bond acceptors (Lipinski definition) is 4. The van der Waals surface area contributed by atoms with Crippen LogP contribution in [-0.4, -0.2) is 15.9 Å². The van der Waals surface area contributed by atoms with E-state index in [1.54, 1.807) is 12.1 Å². The fraction of sp³-hybridized carbons (Fsp3) is 0.400. The van der Waals surface area contributed by atoms with Gasteiger partial charge in [-0.2, -0.15) is 4.98 Å². The molecule has 1 aromatic heterocycles. The number of aromatic nitrogens is 2. The molecule has 0 atom stereocenters. The molecule has 4 nitrogen and oxygen atoms in total. The Balaban J connectivity index is 1.73. The minimum atomic E-state index is -0.450. The zero-order valence-corrected chi connectivity index (χ0v) is 12.1. The van der Waals surface area contributed by atoms with Gasteiger partial charge in [0.05, 0.1) is 5.02 Å². The van der Waals surface area contributed by atoms with Crippen molar-refractivity contribution in [2.75, 3.05) is 0 Å². The van der Waals surface area contributed by atoms with E-state index in [1.165, 1.54) is 6.07 Å². The summed E-state index contributed by atoms with van der Waals surface area (Å²) in [6.07, 6.45) is 2.84. The first-order valence-corrected chi connectivity index (χ1v) is 7.28. The highest BCUT2D eigenvalue weighted by Crippen LogP contribution is 2.30. The summed E-state index contributed by atoms with van der Waals surface area (Å²) >= 11 is 5.75. The molecule has 3 rings (SSSR count). The molecule has 2 aromatic rings. The van der Waals surface area contributed by atoms with Crippen molar-refractivity contribution in [1.29, 1.82) is 0 Å². The number of ketones is 1. The molecule has 1 saturated carbocycles. The third-order valence-corrected chi connectivity index (χ3v) is 4.05. The van der Waals surface area contributed by atoms with Gasteiger partial charge in [-0.1, -0.05) is 28.9 Å². The van der Waals surface area contributed by atoms with Crippen molar-refractivity contribution in [2.24, 2.45) is 0 Å². The Bertz CT molecular complexity index is 661. The van der Waals surface area contributed by atoms with Crippen molar-refractivity contribution in [1.82, 2.24) is 10.1 Å². The van der Waals surface area contributed by atoms with Gasteiger partial charge >= 0.3 is 0 Å². The average molecular weight is 309 g/mol. The number of hydrogen-bond donors (Lipinski definition) is 0. The third kappa shape index (κ3) is 3.13. The van der Waals surface area contributed by atoms with E-state index < -0.39 is 5.82 Å². The highest BCUT2D eigenvalue weighted by Gasteiger charge is 2.25. The summed E-state index contributed by atoms with van der Waals surface area (Å²) in [4.78, 5) is 15.6. The second kappa shape index (κ2) is 5.93. The maximum atomic E-state index is 13.8. The van der Waals surface area contributed by atoms with E-state index in [1.807, 2.05) is 0 Å². The topological polar surface area (TPSA) is 56.0 Å². The number of Topliss-reactive ketones (excluding diaryl/α,β-unsaturated/α-hetero) is 1. The summed E-state index contributed by atoms with van der Waals surface area (Å²) in [5.74, 6) is 0.942. The van der Waals surface area contributed by atoms with E-state index in [0.29, 0.717) is 30.1 Å². The van der Waals surface area contributed by atoms with Crippen LogP contribution in [0.1, 0.15) is 48.9 Å². The third-order valence-electron chi connectivity index (χ3n) is 3.76. The molecule has 6 heteroatoms. The Morgan fingerprint density at radius 3 is 2.86 bits per heavy atom. The molecular weight excluding hydrogens is 295 g/mol. The fourth-order valence-corrected chi connectivity index (χ4v) is 2.74. The molecule has 1 fully saturated rings. The predicted molar refractivity (Wildman–Crippen MR) is 74.7 cm³/mol. The Labute approximate surface area is 126 Å². The molecule has 0 radical (unpaired) electrons. The summed E-state index contributed by atoms with van der Waals surface area (Å²) in [5, 5.41) is 3.98. The molecule has 0 saturated heterocycles. The van der Waals surface area contributed by atoms with Crippen molar-refractivity contribution in [3.8, 4) is 0 Å². The highest BCUT2D eigenvalue weighted by molar-refractivity contribution is 6.30. The molecule has 0 aliphatic heterocycles. The summed E-state index contributed by atoms with van der Waals surface area (Å²) in [6, 6.07) is 4.84. The minimum Gasteiger partial charge on any atom is -0.339 e. The van der Waals surface area contributed by atoms with Gasteiger partial charge in [-0.3, -0.25) is 4.79 Å². The molecule has 21 heavy (non-hydrogen) atoms. The Hall–Kier alpha value is -1.75. The quantitative estimate of drug-likeness (QED) is 0.868. The lowest BCUT2D eigenvalue weighted by Crippen LogP contribution is -2.12. The standard InChI is InChI=1S/C15H14ClFN2O2/c16-12-3-1-2-10(14(12)17)8-13-18-15(21-19-13)9-4-6-11(20)7-5-9/h1-3,9H,4-8H2. The minimum absolute atomic E-state index is 0.0852. The predicted octanol–water partition coefficient (Wildman–Crippen LogP) is 3.68. The van der Waals surface area contributed by atoms with Crippen LogP contribution in [-0.2, 0) is 11.2 Å². The zero-order valence-electron chi connectivity index (χ0n) is 11.3. The van der Waals surface area contributed by atoms with E-state index in [2.05, 4.69) is 10.1 Å². The summed E-state index contributed by atoms with van der Waals surface area (Å²) in [5.41, 5.74) is 0.439. The van der Waals surface area contributed by atoms with E-state index in [4.69, 9.17) is 16.1 Å². The van der Waals surface area contributed by atoms with Gasteiger partial charge in [0.25, 0.3) is 0 Å². The number of carbonyl (C=O) groups excluding carboxylic acids is 1. The molecule has 0 bridgehead atoms. The van der Waals surface area contributed by atoms with Crippen LogP contribution >= 0.6 is 11.6 Å². The lowest BCUT2D eigenvalue weighted by molar-refractivity contribution is -0.120. The van der Waals surface area contributed by atoms with Crippen LogP contribution in [0, 0.1) is 5.82 Å². The summed E-state index contributed by atoms with van der Waals surface area (Å²) in [6.45, 7) is 0. The maximum Gasteiger partial charge on any atom is 0.229 e. The number of nitrogens with zero attached hydrogens (tertiary/aromatic N) is 2. The fourth-order valence-electron chi connectivity index (χ4n) is 2.55.